The van der Waals surface area contributed by atoms with E-state index in [1.807, 2.05) is 4.90 Å². The lowest BCUT2D eigenvalue weighted by Crippen LogP contribution is -2.47. The minimum absolute atomic E-state index is 0.0301. The molecule has 0 radical (unpaired) electrons. The van der Waals surface area contributed by atoms with Gasteiger partial charge < -0.3 is 9.80 Å². The molecule has 2 aromatic rings. The number of piperidine rings is 2. The Morgan fingerprint density at radius 2 is 1.68 bits per heavy atom. The SMILES string of the molecule is CC1CCN(C(=O)C2CCCN(c3ncc(-c4ccc(F)cc4)cn3)C2)CC1. The van der Waals surface area contributed by atoms with Gasteiger partial charge in [-0.2, -0.15) is 0 Å². The minimum atomic E-state index is -0.256. The second-order valence-electron chi connectivity index (χ2n) is 8.07. The standard InChI is InChI=1S/C22H27FN4O/c1-16-8-11-26(12-9-16)21(28)18-3-2-10-27(15-18)22-24-13-19(14-25-22)17-4-6-20(23)7-5-17/h4-7,13-14,16,18H,2-3,8-12,15H2,1H3. The van der Waals surface area contributed by atoms with Crippen molar-refractivity contribution in [1.82, 2.24) is 14.9 Å². The summed E-state index contributed by atoms with van der Waals surface area (Å²) in [6.45, 7) is 5.59. The number of halogens is 1. The number of likely N-dealkylation sites (tertiary alicyclic amines) is 1. The fourth-order valence-corrected chi connectivity index (χ4v) is 4.12. The number of benzene rings is 1. The molecule has 0 N–H and O–H groups in total. The predicted molar refractivity (Wildman–Crippen MR) is 107 cm³/mol. The average molecular weight is 382 g/mol. The van der Waals surface area contributed by atoms with Gasteiger partial charge in [-0.3, -0.25) is 4.79 Å². The molecule has 148 valence electrons. The Labute approximate surface area is 165 Å². The highest BCUT2D eigenvalue weighted by Gasteiger charge is 2.31. The summed E-state index contributed by atoms with van der Waals surface area (Å²) in [6.07, 6.45) is 7.67. The van der Waals surface area contributed by atoms with E-state index in [-0.39, 0.29) is 11.7 Å². The van der Waals surface area contributed by atoms with Gasteiger partial charge in [-0.05, 0) is 49.3 Å². The molecule has 1 aromatic heterocycles. The summed E-state index contributed by atoms with van der Waals surface area (Å²) in [4.78, 5) is 26.1. The summed E-state index contributed by atoms with van der Waals surface area (Å²) >= 11 is 0. The van der Waals surface area contributed by atoms with Crippen LogP contribution in [0.4, 0.5) is 10.3 Å². The van der Waals surface area contributed by atoms with Crippen molar-refractivity contribution in [3.05, 3.63) is 42.5 Å². The quantitative estimate of drug-likeness (QED) is 0.811. The van der Waals surface area contributed by atoms with Gasteiger partial charge in [-0.1, -0.05) is 19.1 Å². The Balaban J connectivity index is 1.41. The van der Waals surface area contributed by atoms with E-state index in [4.69, 9.17) is 0 Å². The molecule has 2 aliphatic rings. The van der Waals surface area contributed by atoms with Crippen LogP contribution < -0.4 is 4.90 Å². The van der Waals surface area contributed by atoms with Crippen molar-refractivity contribution >= 4 is 11.9 Å². The van der Waals surface area contributed by atoms with E-state index in [9.17, 15) is 9.18 Å². The van der Waals surface area contributed by atoms with Crippen molar-refractivity contribution in [2.24, 2.45) is 11.8 Å². The number of hydrogen-bond donors (Lipinski definition) is 0. The highest BCUT2D eigenvalue weighted by atomic mass is 19.1. The van der Waals surface area contributed by atoms with E-state index >= 15 is 0 Å². The van der Waals surface area contributed by atoms with Gasteiger partial charge in [0.15, 0.2) is 0 Å². The summed E-state index contributed by atoms with van der Waals surface area (Å²) in [5.41, 5.74) is 1.75. The number of hydrogen-bond acceptors (Lipinski definition) is 4. The maximum Gasteiger partial charge on any atom is 0.227 e. The lowest BCUT2D eigenvalue weighted by atomic mass is 9.93. The molecule has 0 aliphatic carbocycles. The smallest absolute Gasteiger partial charge is 0.227 e. The van der Waals surface area contributed by atoms with Gasteiger partial charge in [0.05, 0.1) is 5.92 Å². The van der Waals surface area contributed by atoms with Gasteiger partial charge in [0.2, 0.25) is 11.9 Å². The average Bonchev–Trinajstić information content (AvgIpc) is 2.75. The topological polar surface area (TPSA) is 49.3 Å². The Morgan fingerprint density at radius 3 is 2.36 bits per heavy atom. The zero-order valence-electron chi connectivity index (χ0n) is 16.4. The lowest BCUT2D eigenvalue weighted by Gasteiger charge is -2.37. The van der Waals surface area contributed by atoms with Gasteiger partial charge in [0, 0.05) is 44.1 Å². The highest BCUT2D eigenvalue weighted by Crippen LogP contribution is 2.26. The van der Waals surface area contributed by atoms with Crippen LogP contribution in [0.1, 0.15) is 32.6 Å². The third-order valence-electron chi connectivity index (χ3n) is 5.96. The zero-order chi connectivity index (χ0) is 19.5. The van der Waals surface area contributed by atoms with Crippen molar-refractivity contribution in [3.8, 4) is 11.1 Å². The van der Waals surface area contributed by atoms with E-state index in [2.05, 4.69) is 21.8 Å². The second-order valence-corrected chi connectivity index (χ2v) is 8.07. The summed E-state index contributed by atoms with van der Waals surface area (Å²) in [5.74, 6) is 1.45. The number of nitrogens with zero attached hydrogens (tertiary/aromatic N) is 4. The monoisotopic (exact) mass is 382 g/mol. The number of anilines is 1. The van der Waals surface area contributed by atoms with Crippen molar-refractivity contribution in [1.29, 1.82) is 0 Å². The summed E-state index contributed by atoms with van der Waals surface area (Å²) in [6, 6.07) is 6.32. The first-order chi connectivity index (χ1) is 13.6. The van der Waals surface area contributed by atoms with E-state index < -0.39 is 0 Å². The van der Waals surface area contributed by atoms with Crippen LogP contribution in [0, 0.1) is 17.7 Å². The molecular weight excluding hydrogens is 355 g/mol. The predicted octanol–water partition coefficient (Wildman–Crippen LogP) is 3.76. The molecule has 0 spiro atoms. The van der Waals surface area contributed by atoms with Crippen LogP contribution in [0.5, 0.6) is 0 Å². The number of rotatable bonds is 3. The maximum atomic E-state index is 13.1. The van der Waals surface area contributed by atoms with Crippen LogP contribution in [0.15, 0.2) is 36.7 Å². The van der Waals surface area contributed by atoms with E-state index in [0.717, 1.165) is 62.4 Å². The second kappa shape index (κ2) is 8.25. The summed E-state index contributed by atoms with van der Waals surface area (Å²) in [7, 11) is 0. The third kappa shape index (κ3) is 4.16. The van der Waals surface area contributed by atoms with Gasteiger partial charge in [-0.25, -0.2) is 14.4 Å². The fraction of sp³-hybridized carbons (Fsp3) is 0.500. The molecule has 2 saturated heterocycles. The first-order valence-corrected chi connectivity index (χ1v) is 10.2. The molecule has 6 heteroatoms. The Kier molecular flexibility index (Phi) is 5.55. The fourth-order valence-electron chi connectivity index (χ4n) is 4.12. The largest absolute Gasteiger partial charge is 0.342 e. The van der Waals surface area contributed by atoms with Gasteiger partial charge in [0.1, 0.15) is 5.82 Å². The minimum Gasteiger partial charge on any atom is -0.342 e. The first kappa shape index (κ1) is 18.8. The Morgan fingerprint density at radius 1 is 1.00 bits per heavy atom. The Bertz CT molecular complexity index is 800. The van der Waals surface area contributed by atoms with Crippen molar-refractivity contribution < 1.29 is 9.18 Å². The number of amides is 1. The number of carbonyl (C=O) groups excluding carboxylic acids is 1. The summed E-state index contributed by atoms with van der Waals surface area (Å²) in [5, 5.41) is 0. The van der Waals surface area contributed by atoms with E-state index in [1.165, 1.54) is 12.1 Å². The van der Waals surface area contributed by atoms with Crippen molar-refractivity contribution in [2.75, 3.05) is 31.1 Å². The van der Waals surface area contributed by atoms with Crippen LogP contribution in [-0.4, -0.2) is 47.0 Å². The normalized spacial score (nSPS) is 21.0. The third-order valence-corrected chi connectivity index (χ3v) is 5.96. The lowest BCUT2D eigenvalue weighted by molar-refractivity contribution is -0.137. The van der Waals surface area contributed by atoms with Gasteiger partial charge in [0.25, 0.3) is 0 Å². The molecule has 1 amide bonds. The molecule has 1 atom stereocenters. The molecule has 28 heavy (non-hydrogen) atoms. The van der Waals surface area contributed by atoms with E-state index in [1.54, 1.807) is 24.5 Å². The van der Waals surface area contributed by atoms with E-state index in [0.29, 0.717) is 18.4 Å². The zero-order valence-corrected chi connectivity index (χ0v) is 16.4. The summed E-state index contributed by atoms with van der Waals surface area (Å²) < 4.78 is 13.1. The number of carbonyl (C=O) groups is 1. The molecule has 2 fully saturated rings. The molecule has 0 saturated carbocycles. The molecule has 5 nitrogen and oxygen atoms in total. The van der Waals surface area contributed by atoms with Crippen LogP contribution in [0.25, 0.3) is 11.1 Å². The number of aromatic nitrogens is 2. The van der Waals surface area contributed by atoms with Crippen LogP contribution in [0.2, 0.25) is 0 Å². The maximum absolute atomic E-state index is 13.1. The van der Waals surface area contributed by atoms with Crippen LogP contribution in [-0.2, 0) is 4.79 Å². The van der Waals surface area contributed by atoms with Crippen molar-refractivity contribution in [2.45, 2.75) is 32.6 Å². The molecular formula is C22H27FN4O. The van der Waals surface area contributed by atoms with Crippen LogP contribution in [0.3, 0.4) is 0 Å². The van der Waals surface area contributed by atoms with Crippen LogP contribution >= 0.6 is 0 Å². The molecule has 1 aromatic carbocycles. The molecule has 0 bridgehead atoms. The Hall–Kier alpha value is -2.50. The first-order valence-electron chi connectivity index (χ1n) is 10.2. The molecule has 1 unspecified atom stereocenters. The molecule has 2 aliphatic heterocycles. The van der Waals surface area contributed by atoms with Gasteiger partial charge >= 0.3 is 0 Å². The molecule has 4 rings (SSSR count). The van der Waals surface area contributed by atoms with Crippen molar-refractivity contribution in [3.63, 3.8) is 0 Å². The highest BCUT2D eigenvalue weighted by molar-refractivity contribution is 5.79. The van der Waals surface area contributed by atoms with Gasteiger partial charge in [-0.15, -0.1) is 0 Å². The molecule has 3 heterocycles.